The summed E-state index contributed by atoms with van der Waals surface area (Å²) in [6, 6.07) is 0. The lowest BCUT2D eigenvalue weighted by atomic mass is 10.1. The lowest BCUT2D eigenvalue weighted by Crippen LogP contribution is -2.30. The fraction of sp³-hybridized carbons (Fsp3) is 0.648. The maximum absolute atomic E-state index is 12.9. The molecule has 0 saturated heterocycles. The molecule has 0 spiro atoms. The van der Waals surface area contributed by atoms with E-state index in [1.54, 1.807) is 0 Å². The zero-order valence-electron chi connectivity index (χ0n) is 49.9. The average molecular weight is 1070 g/mol. The number of unbranched alkanes of at least 4 members (excludes halogenated alkanes) is 23. The van der Waals surface area contributed by atoms with Crippen LogP contribution in [0.4, 0.5) is 0 Å². The van der Waals surface area contributed by atoms with Gasteiger partial charge in [0.05, 0.1) is 0 Å². The Morgan fingerprint density at radius 1 is 0.273 bits per heavy atom. The molecule has 6 nitrogen and oxygen atoms in total. The number of carbonyl (C=O) groups is 3. The van der Waals surface area contributed by atoms with Gasteiger partial charge in [-0.2, -0.15) is 0 Å². The van der Waals surface area contributed by atoms with Gasteiger partial charge in [0.2, 0.25) is 0 Å². The molecule has 1 atom stereocenters. The predicted molar refractivity (Wildman–Crippen MR) is 334 cm³/mol. The van der Waals surface area contributed by atoms with Gasteiger partial charge in [0, 0.05) is 19.3 Å². The third-order valence-electron chi connectivity index (χ3n) is 13.1. The molecule has 0 aliphatic heterocycles. The van der Waals surface area contributed by atoms with Crippen LogP contribution >= 0.6 is 0 Å². The molecule has 0 amide bonds. The fourth-order valence-corrected chi connectivity index (χ4v) is 8.43. The quantitative estimate of drug-likeness (QED) is 0.0261. The minimum atomic E-state index is -0.806. The first kappa shape index (κ1) is 72.5. The van der Waals surface area contributed by atoms with Gasteiger partial charge in [0.15, 0.2) is 6.10 Å². The summed E-state index contributed by atoms with van der Waals surface area (Å²) in [4.78, 5) is 38.3. The van der Waals surface area contributed by atoms with Gasteiger partial charge in [0.1, 0.15) is 13.2 Å². The fourth-order valence-electron chi connectivity index (χ4n) is 8.43. The van der Waals surface area contributed by atoms with Crippen LogP contribution in [-0.2, 0) is 28.6 Å². The van der Waals surface area contributed by atoms with Gasteiger partial charge in [-0.1, -0.05) is 257 Å². The zero-order valence-corrected chi connectivity index (χ0v) is 49.9. The van der Waals surface area contributed by atoms with Gasteiger partial charge >= 0.3 is 17.9 Å². The van der Waals surface area contributed by atoms with Gasteiger partial charge in [-0.15, -0.1) is 0 Å². The summed E-state index contributed by atoms with van der Waals surface area (Å²) < 4.78 is 16.9. The Balaban J connectivity index is 4.42. The van der Waals surface area contributed by atoms with E-state index in [0.29, 0.717) is 19.3 Å². The molecule has 0 saturated carbocycles. The maximum Gasteiger partial charge on any atom is 0.306 e. The van der Waals surface area contributed by atoms with Crippen LogP contribution in [0.2, 0.25) is 0 Å². The minimum absolute atomic E-state index is 0.0996. The number of esters is 3. The van der Waals surface area contributed by atoms with Gasteiger partial charge < -0.3 is 14.2 Å². The molecule has 0 rings (SSSR count). The first-order chi connectivity index (χ1) is 38.0. The normalized spacial score (nSPS) is 13.0. The molecule has 0 aliphatic rings. The summed E-state index contributed by atoms with van der Waals surface area (Å²) >= 11 is 0. The monoisotopic (exact) mass is 1060 g/mol. The van der Waals surface area contributed by atoms with Gasteiger partial charge in [-0.3, -0.25) is 14.4 Å². The molecule has 0 aromatic rings. The van der Waals surface area contributed by atoms with E-state index in [9.17, 15) is 14.4 Å². The van der Waals surface area contributed by atoms with Crippen LogP contribution in [0.5, 0.6) is 0 Å². The van der Waals surface area contributed by atoms with E-state index in [1.165, 1.54) is 109 Å². The Labute approximate surface area is 475 Å². The summed E-state index contributed by atoms with van der Waals surface area (Å²) in [5, 5.41) is 0. The summed E-state index contributed by atoms with van der Waals surface area (Å²) in [5.74, 6) is -0.950. The van der Waals surface area contributed by atoms with Crippen molar-refractivity contribution in [3.63, 3.8) is 0 Å². The van der Waals surface area contributed by atoms with Gasteiger partial charge in [0.25, 0.3) is 0 Å². The molecule has 0 radical (unpaired) electrons. The number of hydrogen-bond donors (Lipinski definition) is 0. The molecule has 1 unspecified atom stereocenters. The highest BCUT2D eigenvalue weighted by Gasteiger charge is 2.19. The lowest BCUT2D eigenvalue weighted by molar-refractivity contribution is -0.167. The van der Waals surface area contributed by atoms with Crippen molar-refractivity contribution in [1.29, 1.82) is 0 Å². The first-order valence-corrected chi connectivity index (χ1v) is 31.7. The van der Waals surface area contributed by atoms with E-state index < -0.39 is 6.10 Å². The van der Waals surface area contributed by atoms with Crippen molar-refractivity contribution in [2.24, 2.45) is 0 Å². The molecule has 0 aromatic heterocycles. The summed E-state index contributed by atoms with van der Waals surface area (Å²) in [7, 11) is 0. The number of ether oxygens (including phenoxy) is 3. The molecule has 6 heteroatoms. The molecule has 0 heterocycles. The average Bonchev–Trinajstić information content (AvgIpc) is 3.43. The Morgan fingerprint density at radius 2 is 0.506 bits per heavy atom. The number of allylic oxidation sites excluding steroid dienone is 22. The number of carbonyl (C=O) groups excluding carboxylic acids is 3. The second-order valence-electron chi connectivity index (χ2n) is 20.5. The second-order valence-corrected chi connectivity index (χ2v) is 20.5. The van der Waals surface area contributed by atoms with Crippen LogP contribution in [0, 0.1) is 0 Å². The van der Waals surface area contributed by atoms with E-state index >= 15 is 0 Å². The van der Waals surface area contributed by atoms with E-state index in [4.69, 9.17) is 14.2 Å². The standard InChI is InChI=1S/C71H116O6/c1-4-7-10-13-16-19-22-25-28-30-32-33-34-35-36-37-39-40-43-46-49-52-55-58-61-64-70(73)76-67-68(66-75-69(72)63-60-57-54-51-48-45-42-27-24-21-18-15-12-9-6-3)77-71(74)65-62-59-56-53-50-47-44-41-38-31-29-26-23-20-17-14-11-8-5-2/h7,9-10,12,16-21,25-29,32-33,35-36,42,48,51,68H,4-6,8,11,13-15,22-24,30-31,34,37-41,43-47,49-50,52-67H2,1-3H3/b10-7-,12-9-,19-16-,20-17-,21-18-,28-25-,29-26-,33-32-,36-35-,42-27-,51-48-. The van der Waals surface area contributed by atoms with Crippen molar-refractivity contribution in [2.75, 3.05) is 13.2 Å². The molecule has 436 valence electrons. The van der Waals surface area contributed by atoms with Crippen molar-refractivity contribution in [3.8, 4) is 0 Å². The molecule has 0 bridgehead atoms. The molecule has 0 aliphatic carbocycles. The Morgan fingerprint density at radius 3 is 0.818 bits per heavy atom. The van der Waals surface area contributed by atoms with Crippen molar-refractivity contribution < 1.29 is 28.6 Å². The summed E-state index contributed by atoms with van der Waals surface area (Å²) in [6.07, 6.45) is 90.2. The lowest BCUT2D eigenvalue weighted by Gasteiger charge is -2.18. The maximum atomic E-state index is 12.9. The summed E-state index contributed by atoms with van der Waals surface area (Å²) in [6.45, 7) is 6.35. The van der Waals surface area contributed by atoms with Gasteiger partial charge in [-0.25, -0.2) is 0 Å². The van der Waals surface area contributed by atoms with Crippen LogP contribution in [0.25, 0.3) is 0 Å². The smallest absolute Gasteiger partial charge is 0.306 e. The SMILES string of the molecule is CC/C=C\C/C=C\C/C=C\C/C=C\C/C=C\CCCCCCCCCCCC(=O)OCC(COC(=O)CCCC/C=C\C/C=C\C/C=C\C/C=C\CC)OC(=O)CCCCCCCCCCC/C=C\C/C=C\CCCCC. The van der Waals surface area contributed by atoms with E-state index in [1.807, 2.05) is 0 Å². The van der Waals surface area contributed by atoms with Crippen molar-refractivity contribution in [2.45, 2.75) is 284 Å². The Hall–Kier alpha value is -4.45. The third kappa shape index (κ3) is 62.3. The van der Waals surface area contributed by atoms with Crippen LogP contribution in [0.15, 0.2) is 134 Å². The third-order valence-corrected chi connectivity index (χ3v) is 13.1. The van der Waals surface area contributed by atoms with Crippen molar-refractivity contribution >= 4 is 17.9 Å². The molecule has 0 aromatic carbocycles. The Kier molecular flexibility index (Phi) is 60.4. The highest BCUT2D eigenvalue weighted by atomic mass is 16.6. The van der Waals surface area contributed by atoms with Gasteiger partial charge in [-0.05, 0) is 135 Å². The first-order valence-electron chi connectivity index (χ1n) is 31.7. The van der Waals surface area contributed by atoms with Crippen LogP contribution in [0.3, 0.4) is 0 Å². The van der Waals surface area contributed by atoms with Crippen LogP contribution in [-0.4, -0.2) is 37.2 Å². The van der Waals surface area contributed by atoms with Crippen LogP contribution in [0.1, 0.15) is 278 Å². The molecule has 0 fully saturated rings. The van der Waals surface area contributed by atoms with E-state index in [2.05, 4.69) is 154 Å². The second kappa shape index (κ2) is 64.1. The van der Waals surface area contributed by atoms with Crippen LogP contribution < -0.4 is 0 Å². The van der Waals surface area contributed by atoms with Crippen molar-refractivity contribution in [3.05, 3.63) is 134 Å². The van der Waals surface area contributed by atoms with E-state index in [0.717, 1.165) is 128 Å². The molecule has 77 heavy (non-hydrogen) atoms. The summed E-state index contributed by atoms with van der Waals surface area (Å²) in [5.41, 5.74) is 0. The number of hydrogen-bond acceptors (Lipinski definition) is 6. The van der Waals surface area contributed by atoms with Crippen molar-refractivity contribution in [1.82, 2.24) is 0 Å². The number of rotatable bonds is 56. The minimum Gasteiger partial charge on any atom is -0.462 e. The largest absolute Gasteiger partial charge is 0.462 e. The highest BCUT2D eigenvalue weighted by molar-refractivity contribution is 5.71. The topological polar surface area (TPSA) is 78.9 Å². The molecule has 0 N–H and O–H groups in total. The predicted octanol–water partition coefficient (Wildman–Crippen LogP) is 21.8. The zero-order chi connectivity index (χ0) is 55.7. The highest BCUT2D eigenvalue weighted by Crippen LogP contribution is 2.15. The molecular weight excluding hydrogens is 949 g/mol. The Bertz CT molecular complexity index is 1650. The molecular formula is C71H116O6. The van der Waals surface area contributed by atoms with E-state index in [-0.39, 0.29) is 31.1 Å².